The summed E-state index contributed by atoms with van der Waals surface area (Å²) in [6.07, 6.45) is 0.865. The van der Waals surface area contributed by atoms with Gasteiger partial charge in [0.15, 0.2) is 0 Å². The van der Waals surface area contributed by atoms with E-state index >= 15 is 0 Å². The first-order chi connectivity index (χ1) is 7.69. The van der Waals surface area contributed by atoms with Crippen LogP contribution in [-0.2, 0) is 13.0 Å². The van der Waals surface area contributed by atoms with Crippen molar-refractivity contribution in [1.29, 1.82) is 0 Å². The molecule has 0 saturated carbocycles. The second kappa shape index (κ2) is 4.49. The maximum Gasteiger partial charge on any atom is 0.120 e. The van der Waals surface area contributed by atoms with Crippen molar-refractivity contribution < 1.29 is 0 Å². The topological polar surface area (TPSA) is 54.7 Å². The van der Waals surface area contributed by atoms with Crippen molar-refractivity contribution in [2.45, 2.75) is 26.8 Å². The number of nitrogens with zero attached hydrogens (tertiary/aromatic N) is 1. The van der Waals surface area contributed by atoms with Gasteiger partial charge < -0.3 is 10.7 Å². The minimum atomic E-state index is 0.467. The summed E-state index contributed by atoms with van der Waals surface area (Å²) >= 11 is 0. The normalized spacial score (nSPS) is 10.7. The molecule has 16 heavy (non-hydrogen) atoms. The summed E-state index contributed by atoms with van der Waals surface area (Å²) < 4.78 is 0. The molecular weight excluding hydrogens is 198 g/mol. The van der Waals surface area contributed by atoms with Gasteiger partial charge in [0, 0.05) is 12.1 Å². The zero-order valence-electron chi connectivity index (χ0n) is 9.75. The highest BCUT2D eigenvalue weighted by molar-refractivity contribution is 5.28. The Morgan fingerprint density at radius 1 is 1.31 bits per heavy atom. The number of rotatable bonds is 3. The Labute approximate surface area is 95.7 Å². The van der Waals surface area contributed by atoms with Gasteiger partial charge in [-0.2, -0.15) is 0 Å². The SMILES string of the molecule is Cc1cccc(Cc2nc(CN)[nH]c2C)c1. The van der Waals surface area contributed by atoms with Gasteiger partial charge in [-0.1, -0.05) is 29.8 Å². The molecule has 0 amide bonds. The second-order valence-corrected chi connectivity index (χ2v) is 4.13. The van der Waals surface area contributed by atoms with E-state index in [9.17, 15) is 0 Å². The molecule has 0 atom stereocenters. The van der Waals surface area contributed by atoms with Crippen LogP contribution in [0, 0.1) is 13.8 Å². The number of nitrogens with two attached hydrogens (primary N) is 1. The maximum atomic E-state index is 5.56. The average Bonchev–Trinajstić information content (AvgIpc) is 2.60. The predicted molar refractivity (Wildman–Crippen MR) is 65.2 cm³/mol. The summed E-state index contributed by atoms with van der Waals surface area (Å²) in [5.74, 6) is 0.861. The maximum absolute atomic E-state index is 5.56. The van der Waals surface area contributed by atoms with Crippen LogP contribution in [0.25, 0.3) is 0 Å². The Balaban J connectivity index is 2.23. The molecule has 0 radical (unpaired) electrons. The first-order valence-electron chi connectivity index (χ1n) is 5.49. The molecule has 1 aromatic heterocycles. The molecule has 0 unspecified atom stereocenters. The minimum absolute atomic E-state index is 0.467. The molecule has 3 nitrogen and oxygen atoms in total. The molecule has 0 saturated heterocycles. The molecule has 1 heterocycles. The Morgan fingerprint density at radius 3 is 2.75 bits per heavy atom. The molecule has 2 aromatic rings. The van der Waals surface area contributed by atoms with E-state index in [4.69, 9.17) is 5.73 Å². The number of imidazole rings is 1. The summed E-state index contributed by atoms with van der Waals surface area (Å²) in [5, 5.41) is 0. The van der Waals surface area contributed by atoms with Gasteiger partial charge in [0.25, 0.3) is 0 Å². The van der Waals surface area contributed by atoms with Gasteiger partial charge in [0.2, 0.25) is 0 Å². The largest absolute Gasteiger partial charge is 0.345 e. The van der Waals surface area contributed by atoms with Crippen LogP contribution >= 0.6 is 0 Å². The monoisotopic (exact) mass is 215 g/mol. The first-order valence-corrected chi connectivity index (χ1v) is 5.49. The molecule has 0 spiro atoms. The fourth-order valence-corrected chi connectivity index (χ4v) is 1.85. The Bertz CT molecular complexity index is 486. The number of H-pyrrole nitrogens is 1. The molecule has 0 bridgehead atoms. The molecule has 0 fully saturated rings. The van der Waals surface area contributed by atoms with Gasteiger partial charge in [0.05, 0.1) is 12.2 Å². The van der Waals surface area contributed by atoms with Crippen LogP contribution < -0.4 is 5.73 Å². The van der Waals surface area contributed by atoms with Crippen LogP contribution in [0.5, 0.6) is 0 Å². The van der Waals surface area contributed by atoms with Crippen LogP contribution in [-0.4, -0.2) is 9.97 Å². The number of hydrogen-bond donors (Lipinski definition) is 2. The summed E-state index contributed by atoms with van der Waals surface area (Å²) in [7, 11) is 0. The summed E-state index contributed by atoms with van der Waals surface area (Å²) in [4.78, 5) is 7.67. The third kappa shape index (κ3) is 2.31. The molecule has 2 rings (SSSR count). The van der Waals surface area contributed by atoms with Crippen LogP contribution in [0.4, 0.5) is 0 Å². The van der Waals surface area contributed by atoms with E-state index in [0.717, 1.165) is 23.6 Å². The number of aromatic amines is 1. The number of nitrogens with one attached hydrogen (secondary N) is 1. The van der Waals surface area contributed by atoms with Crippen molar-refractivity contribution in [3.63, 3.8) is 0 Å². The smallest absolute Gasteiger partial charge is 0.120 e. The Hall–Kier alpha value is -1.61. The lowest BCUT2D eigenvalue weighted by Crippen LogP contribution is -1.98. The highest BCUT2D eigenvalue weighted by atomic mass is 14.9. The van der Waals surface area contributed by atoms with Crippen LogP contribution in [0.3, 0.4) is 0 Å². The van der Waals surface area contributed by atoms with Crippen LogP contribution in [0.2, 0.25) is 0 Å². The average molecular weight is 215 g/mol. The molecule has 3 heteroatoms. The van der Waals surface area contributed by atoms with Crippen molar-refractivity contribution in [3.8, 4) is 0 Å². The molecular formula is C13H17N3. The Kier molecular flexibility index (Phi) is 3.06. The van der Waals surface area contributed by atoms with Crippen molar-refractivity contribution in [3.05, 3.63) is 52.6 Å². The van der Waals surface area contributed by atoms with Crippen LogP contribution in [0.1, 0.15) is 28.3 Å². The molecule has 3 N–H and O–H groups in total. The van der Waals surface area contributed by atoms with E-state index in [0.29, 0.717) is 6.54 Å². The molecule has 0 aliphatic carbocycles. The van der Waals surface area contributed by atoms with Crippen LogP contribution in [0.15, 0.2) is 24.3 Å². The molecule has 0 aliphatic rings. The van der Waals surface area contributed by atoms with E-state index in [1.54, 1.807) is 0 Å². The van der Waals surface area contributed by atoms with Gasteiger partial charge in [-0.05, 0) is 19.4 Å². The summed E-state index contributed by atoms with van der Waals surface area (Å²) in [5.41, 5.74) is 10.3. The highest BCUT2D eigenvalue weighted by Crippen LogP contribution is 2.12. The van der Waals surface area contributed by atoms with Crippen molar-refractivity contribution >= 4 is 0 Å². The lowest BCUT2D eigenvalue weighted by molar-refractivity contribution is 0.934. The molecule has 0 aliphatic heterocycles. The fraction of sp³-hybridized carbons (Fsp3) is 0.308. The standard InChI is InChI=1S/C13H17N3/c1-9-4-3-5-11(6-9)7-12-10(2)15-13(8-14)16-12/h3-6H,7-8,14H2,1-2H3,(H,15,16). The summed E-state index contributed by atoms with van der Waals surface area (Å²) in [6.45, 7) is 4.61. The van der Waals surface area contributed by atoms with E-state index in [1.165, 1.54) is 11.1 Å². The quantitative estimate of drug-likeness (QED) is 0.823. The highest BCUT2D eigenvalue weighted by Gasteiger charge is 2.06. The van der Waals surface area contributed by atoms with Crippen molar-refractivity contribution in [2.75, 3.05) is 0 Å². The number of hydrogen-bond acceptors (Lipinski definition) is 2. The van der Waals surface area contributed by atoms with Gasteiger partial charge in [-0.25, -0.2) is 4.98 Å². The predicted octanol–water partition coefficient (Wildman–Crippen LogP) is 2.08. The Morgan fingerprint density at radius 2 is 2.12 bits per heavy atom. The van der Waals surface area contributed by atoms with E-state index < -0.39 is 0 Å². The summed E-state index contributed by atoms with van der Waals surface area (Å²) in [6, 6.07) is 8.50. The van der Waals surface area contributed by atoms with Gasteiger partial charge >= 0.3 is 0 Å². The first kappa shape index (κ1) is 10.9. The van der Waals surface area contributed by atoms with Crippen molar-refractivity contribution in [2.24, 2.45) is 5.73 Å². The fourth-order valence-electron chi connectivity index (χ4n) is 1.85. The lowest BCUT2D eigenvalue weighted by atomic mass is 10.1. The minimum Gasteiger partial charge on any atom is -0.345 e. The van der Waals surface area contributed by atoms with E-state index in [-0.39, 0.29) is 0 Å². The zero-order chi connectivity index (χ0) is 11.5. The lowest BCUT2D eigenvalue weighted by Gasteiger charge is -2.00. The number of aryl methyl sites for hydroxylation is 2. The number of aromatic nitrogens is 2. The van der Waals surface area contributed by atoms with Crippen molar-refractivity contribution in [1.82, 2.24) is 9.97 Å². The third-order valence-corrected chi connectivity index (χ3v) is 2.68. The molecule has 84 valence electrons. The van der Waals surface area contributed by atoms with Gasteiger partial charge in [0.1, 0.15) is 5.82 Å². The molecule has 1 aromatic carbocycles. The zero-order valence-corrected chi connectivity index (χ0v) is 9.75. The van der Waals surface area contributed by atoms with Gasteiger partial charge in [-0.3, -0.25) is 0 Å². The second-order valence-electron chi connectivity index (χ2n) is 4.13. The number of benzene rings is 1. The van der Waals surface area contributed by atoms with Gasteiger partial charge in [-0.15, -0.1) is 0 Å². The van der Waals surface area contributed by atoms with E-state index in [1.807, 2.05) is 6.92 Å². The third-order valence-electron chi connectivity index (χ3n) is 2.68. The van der Waals surface area contributed by atoms with E-state index in [2.05, 4.69) is 41.2 Å².